The number of aromatic nitrogens is 2. The van der Waals surface area contributed by atoms with Gasteiger partial charge in [0.05, 0.1) is 12.0 Å². The molecular weight excluding hydrogens is 408 g/mol. The number of esters is 1. The lowest BCUT2D eigenvalue weighted by molar-refractivity contribution is -0.385. The molecule has 1 aromatic heterocycles. The summed E-state index contributed by atoms with van der Waals surface area (Å²) in [4.78, 5) is 26.5. The SMILES string of the molecule is COc1cc(-c2noc(COC(=O)c3ccccc3[N+](=O)[O-])n2)ccc1OC(F)F. The van der Waals surface area contributed by atoms with Crippen LogP contribution in [0.1, 0.15) is 16.2 Å². The first kappa shape index (κ1) is 20.6. The van der Waals surface area contributed by atoms with Crippen molar-refractivity contribution in [2.45, 2.75) is 13.2 Å². The lowest BCUT2D eigenvalue weighted by Crippen LogP contribution is -2.08. The van der Waals surface area contributed by atoms with Gasteiger partial charge < -0.3 is 18.7 Å². The Hall–Kier alpha value is -4.09. The van der Waals surface area contributed by atoms with Crippen LogP contribution in [0.15, 0.2) is 47.0 Å². The first-order chi connectivity index (χ1) is 14.4. The molecule has 156 valence electrons. The Morgan fingerprint density at radius 2 is 2.00 bits per heavy atom. The average Bonchev–Trinajstić information content (AvgIpc) is 3.21. The Morgan fingerprint density at radius 3 is 2.70 bits per heavy atom. The van der Waals surface area contributed by atoms with E-state index in [0.29, 0.717) is 5.56 Å². The summed E-state index contributed by atoms with van der Waals surface area (Å²) in [5.74, 6) is -1.07. The number of hydrogen-bond acceptors (Lipinski definition) is 9. The highest BCUT2D eigenvalue weighted by Crippen LogP contribution is 2.32. The van der Waals surface area contributed by atoms with Crippen molar-refractivity contribution >= 4 is 11.7 Å². The first-order valence-electron chi connectivity index (χ1n) is 8.25. The van der Waals surface area contributed by atoms with Crippen LogP contribution in [0.5, 0.6) is 11.5 Å². The fourth-order valence-electron chi connectivity index (χ4n) is 2.44. The van der Waals surface area contributed by atoms with E-state index >= 15 is 0 Å². The zero-order valence-corrected chi connectivity index (χ0v) is 15.3. The topological polar surface area (TPSA) is 127 Å². The molecule has 3 rings (SSSR count). The summed E-state index contributed by atoms with van der Waals surface area (Å²) >= 11 is 0. The van der Waals surface area contributed by atoms with E-state index in [4.69, 9.17) is 14.0 Å². The fraction of sp³-hybridized carbons (Fsp3) is 0.167. The van der Waals surface area contributed by atoms with Gasteiger partial charge in [-0.15, -0.1) is 0 Å². The molecule has 12 heteroatoms. The third kappa shape index (κ3) is 4.66. The molecular formula is C18H13F2N3O7. The van der Waals surface area contributed by atoms with Gasteiger partial charge in [0.15, 0.2) is 18.1 Å². The molecule has 0 fully saturated rings. The average molecular weight is 421 g/mol. The molecule has 0 N–H and O–H groups in total. The standard InChI is InChI=1S/C18H13F2N3O7/c1-27-14-8-10(6-7-13(14)29-18(19)20)16-21-15(30-22-16)9-28-17(24)11-4-2-3-5-12(11)23(25)26/h2-8,18H,9H2,1H3. The van der Waals surface area contributed by atoms with E-state index in [2.05, 4.69) is 14.9 Å². The van der Waals surface area contributed by atoms with E-state index in [1.165, 1.54) is 49.6 Å². The molecule has 1 heterocycles. The summed E-state index contributed by atoms with van der Waals surface area (Å²) in [6.07, 6.45) is 0. The minimum Gasteiger partial charge on any atom is -0.493 e. The second-order valence-electron chi connectivity index (χ2n) is 5.61. The van der Waals surface area contributed by atoms with Crippen molar-refractivity contribution in [2.24, 2.45) is 0 Å². The Morgan fingerprint density at radius 1 is 1.23 bits per heavy atom. The van der Waals surface area contributed by atoms with Crippen LogP contribution in [-0.4, -0.2) is 34.8 Å². The zero-order chi connectivity index (χ0) is 21.7. The van der Waals surface area contributed by atoms with Crippen molar-refractivity contribution in [3.63, 3.8) is 0 Å². The largest absolute Gasteiger partial charge is 0.493 e. The lowest BCUT2D eigenvalue weighted by atomic mass is 10.2. The number of benzene rings is 2. The molecule has 0 aliphatic rings. The van der Waals surface area contributed by atoms with Gasteiger partial charge in [0.1, 0.15) is 5.56 Å². The number of carbonyl (C=O) groups is 1. The van der Waals surface area contributed by atoms with Crippen LogP contribution in [0.2, 0.25) is 0 Å². The minimum atomic E-state index is -3.02. The molecule has 0 unspecified atom stereocenters. The summed E-state index contributed by atoms with van der Waals surface area (Å²) in [5.41, 5.74) is -0.248. The number of ether oxygens (including phenoxy) is 3. The van der Waals surface area contributed by atoms with Crippen LogP contribution in [0, 0.1) is 10.1 Å². The number of rotatable bonds is 8. The van der Waals surface area contributed by atoms with E-state index < -0.39 is 29.8 Å². The molecule has 0 aliphatic heterocycles. The van der Waals surface area contributed by atoms with Crippen LogP contribution in [0.25, 0.3) is 11.4 Å². The van der Waals surface area contributed by atoms with Gasteiger partial charge in [0.25, 0.3) is 11.6 Å². The van der Waals surface area contributed by atoms with Crippen LogP contribution >= 0.6 is 0 Å². The Kier molecular flexibility index (Phi) is 6.15. The number of nitro groups is 1. The van der Waals surface area contributed by atoms with Crippen molar-refractivity contribution in [1.82, 2.24) is 10.1 Å². The third-order valence-corrected chi connectivity index (χ3v) is 3.75. The summed E-state index contributed by atoms with van der Waals surface area (Å²) in [6, 6.07) is 9.35. The molecule has 0 amide bonds. The molecule has 0 aliphatic carbocycles. The van der Waals surface area contributed by atoms with Gasteiger partial charge in [0.2, 0.25) is 5.82 Å². The number of halogens is 2. The lowest BCUT2D eigenvalue weighted by Gasteiger charge is -2.10. The maximum Gasteiger partial charge on any atom is 0.387 e. The predicted octanol–water partition coefficient (Wildman–Crippen LogP) is 3.61. The van der Waals surface area contributed by atoms with E-state index in [0.717, 1.165) is 0 Å². The number of nitrogens with zero attached hydrogens (tertiary/aromatic N) is 3. The van der Waals surface area contributed by atoms with E-state index in [1.807, 2.05) is 0 Å². The van der Waals surface area contributed by atoms with Crippen LogP contribution in [0.4, 0.5) is 14.5 Å². The first-order valence-corrected chi connectivity index (χ1v) is 8.25. The van der Waals surface area contributed by atoms with Crippen molar-refractivity contribution < 1.29 is 37.2 Å². The van der Waals surface area contributed by atoms with Gasteiger partial charge in [-0.3, -0.25) is 10.1 Å². The normalized spacial score (nSPS) is 10.7. The number of nitro benzene ring substituents is 1. The van der Waals surface area contributed by atoms with Crippen molar-refractivity contribution in [3.8, 4) is 22.9 Å². The van der Waals surface area contributed by atoms with Crippen molar-refractivity contribution in [1.29, 1.82) is 0 Å². The van der Waals surface area contributed by atoms with Gasteiger partial charge in [-0.25, -0.2) is 4.79 Å². The minimum absolute atomic E-state index is 0.0296. The predicted molar refractivity (Wildman–Crippen MR) is 95.1 cm³/mol. The van der Waals surface area contributed by atoms with Gasteiger partial charge in [-0.2, -0.15) is 13.8 Å². The third-order valence-electron chi connectivity index (χ3n) is 3.75. The number of carbonyl (C=O) groups excluding carboxylic acids is 1. The summed E-state index contributed by atoms with van der Waals surface area (Å²) in [5, 5.41) is 14.7. The molecule has 0 saturated heterocycles. The maximum absolute atomic E-state index is 12.4. The number of methoxy groups -OCH3 is 1. The van der Waals surface area contributed by atoms with Crippen LogP contribution in [0.3, 0.4) is 0 Å². The second-order valence-corrected chi connectivity index (χ2v) is 5.61. The van der Waals surface area contributed by atoms with Gasteiger partial charge in [0, 0.05) is 11.6 Å². The molecule has 0 atom stereocenters. The smallest absolute Gasteiger partial charge is 0.387 e. The van der Waals surface area contributed by atoms with E-state index in [-0.39, 0.29) is 28.8 Å². The summed E-state index contributed by atoms with van der Waals surface area (Å²) in [6.45, 7) is -3.45. The number of hydrogen-bond donors (Lipinski definition) is 0. The van der Waals surface area contributed by atoms with Crippen molar-refractivity contribution in [2.75, 3.05) is 7.11 Å². The summed E-state index contributed by atoms with van der Waals surface area (Å²) in [7, 11) is 1.28. The number of para-hydroxylation sites is 1. The van der Waals surface area contributed by atoms with Gasteiger partial charge in [-0.05, 0) is 24.3 Å². The van der Waals surface area contributed by atoms with Crippen LogP contribution in [-0.2, 0) is 11.3 Å². The molecule has 3 aromatic rings. The van der Waals surface area contributed by atoms with Crippen LogP contribution < -0.4 is 9.47 Å². The quantitative estimate of drug-likeness (QED) is 0.304. The Labute approximate surface area is 167 Å². The monoisotopic (exact) mass is 421 g/mol. The highest BCUT2D eigenvalue weighted by molar-refractivity contribution is 5.93. The summed E-state index contributed by atoms with van der Waals surface area (Å²) < 4.78 is 44.1. The van der Waals surface area contributed by atoms with E-state index in [1.54, 1.807) is 0 Å². The number of alkyl halides is 2. The Bertz CT molecular complexity index is 1070. The molecule has 0 bridgehead atoms. The highest BCUT2D eigenvalue weighted by Gasteiger charge is 2.21. The Balaban J connectivity index is 1.71. The van der Waals surface area contributed by atoms with E-state index in [9.17, 15) is 23.7 Å². The molecule has 10 nitrogen and oxygen atoms in total. The molecule has 2 aromatic carbocycles. The highest BCUT2D eigenvalue weighted by atomic mass is 19.3. The molecule has 0 spiro atoms. The maximum atomic E-state index is 12.4. The van der Waals surface area contributed by atoms with Gasteiger partial charge >= 0.3 is 12.6 Å². The van der Waals surface area contributed by atoms with Crippen molar-refractivity contribution in [3.05, 3.63) is 64.0 Å². The molecule has 0 radical (unpaired) electrons. The second kappa shape index (κ2) is 8.94. The fourth-order valence-corrected chi connectivity index (χ4v) is 2.44. The molecule has 0 saturated carbocycles. The molecule has 30 heavy (non-hydrogen) atoms. The zero-order valence-electron chi connectivity index (χ0n) is 15.3. The van der Waals surface area contributed by atoms with Gasteiger partial charge in [-0.1, -0.05) is 17.3 Å².